The maximum absolute atomic E-state index is 13.9. The van der Waals surface area contributed by atoms with E-state index >= 15 is 0 Å². The van der Waals surface area contributed by atoms with Crippen LogP contribution in [0.25, 0.3) is 11.0 Å². The number of hydrogen-bond donors (Lipinski definition) is 3. The zero-order valence-corrected chi connectivity index (χ0v) is 29.0. The van der Waals surface area contributed by atoms with Crippen LogP contribution in [-0.4, -0.2) is 86.6 Å². The Morgan fingerprint density at radius 3 is 2.55 bits per heavy atom. The molecule has 14 nitrogen and oxygen atoms in total. The Labute approximate surface area is 287 Å². The van der Waals surface area contributed by atoms with Crippen LogP contribution < -0.4 is 26.0 Å². The normalized spacial score (nSPS) is 12.8. The molecule has 16 heteroatoms. The van der Waals surface area contributed by atoms with Gasteiger partial charge in [0.1, 0.15) is 16.4 Å². The van der Waals surface area contributed by atoms with E-state index in [1.54, 1.807) is 47.7 Å². The summed E-state index contributed by atoms with van der Waals surface area (Å²) >= 11 is 1.17. The molecule has 256 valence electrons. The molecular formula is C33H36N8O6S2. The molecule has 0 bridgehead atoms. The number of carbonyl (C=O) groups is 2. The van der Waals surface area contributed by atoms with Gasteiger partial charge >= 0.3 is 0 Å². The van der Waals surface area contributed by atoms with E-state index in [4.69, 9.17) is 20.2 Å². The summed E-state index contributed by atoms with van der Waals surface area (Å²) in [5, 5.41) is 8.45. The molecule has 2 aromatic carbocycles. The SMILES string of the molecule is COCCN(C)CC(=O)N1CCc2cc(OC)c(Nc3nc(Nc4ccsc4C(N)=O)c4ccn(S(=O)(=O)c5ccc(C)cc5)c4n3)cc21. The standard InChI is InChI=1S/C33H36N8O6S2/c1-20-5-7-22(8-6-20)49(44,45)41-13-10-23-31(35-24-11-16-48-29(24)30(34)43)37-33(38-32(23)41)36-25-18-26-21(17-27(25)47-4)9-12-40(26)28(42)19-39(2)14-15-46-3/h5-8,10-11,13,16-18H,9,12,14-15,19H2,1-4H3,(H2,34,43)(H2,35,36,37,38). The van der Waals surface area contributed by atoms with E-state index < -0.39 is 15.9 Å². The van der Waals surface area contributed by atoms with Crippen molar-refractivity contribution in [2.24, 2.45) is 5.73 Å². The largest absolute Gasteiger partial charge is 0.495 e. The van der Waals surface area contributed by atoms with E-state index in [0.717, 1.165) is 20.8 Å². The summed E-state index contributed by atoms with van der Waals surface area (Å²) in [7, 11) is 0.958. The minimum atomic E-state index is -4.06. The third-order valence-corrected chi connectivity index (χ3v) is 10.8. The second kappa shape index (κ2) is 13.8. The summed E-state index contributed by atoms with van der Waals surface area (Å²) in [5.74, 6) is 0.0888. The Bertz CT molecular complexity index is 2150. The molecule has 0 aliphatic carbocycles. The molecule has 0 radical (unpaired) electrons. The van der Waals surface area contributed by atoms with Gasteiger partial charge in [-0.15, -0.1) is 11.3 Å². The lowest BCUT2D eigenvalue weighted by molar-refractivity contribution is -0.119. The van der Waals surface area contributed by atoms with E-state index in [2.05, 4.69) is 15.6 Å². The van der Waals surface area contributed by atoms with Crippen molar-refractivity contribution in [2.75, 3.05) is 63.0 Å². The van der Waals surface area contributed by atoms with Gasteiger partial charge in [-0.1, -0.05) is 17.7 Å². The van der Waals surface area contributed by atoms with Crippen molar-refractivity contribution in [2.45, 2.75) is 18.2 Å². The van der Waals surface area contributed by atoms with Crippen LogP contribution >= 0.6 is 11.3 Å². The number of methoxy groups -OCH3 is 2. The van der Waals surface area contributed by atoms with Crippen LogP contribution in [-0.2, 0) is 26.0 Å². The number of nitrogens with zero attached hydrogens (tertiary/aromatic N) is 5. The van der Waals surface area contributed by atoms with Gasteiger partial charge in [0.05, 0.1) is 41.9 Å². The van der Waals surface area contributed by atoms with E-state index in [1.165, 1.54) is 36.8 Å². The molecule has 0 spiro atoms. The Morgan fingerprint density at radius 1 is 1.06 bits per heavy atom. The van der Waals surface area contributed by atoms with Crippen molar-refractivity contribution in [3.63, 3.8) is 0 Å². The molecule has 0 fully saturated rings. The molecule has 0 unspecified atom stereocenters. The predicted octanol–water partition coefficient (Wildman–Crippen LogP) is 4.10. The number of ether oxygens (including phenoxy) is 2. The van der Waals surface area contributed by atoms with Crippen LogP contribution in [0.5, 0.6) is 5.75 Å². The molecule has 0 atom stereocenters. The number of primary amides is 1. The van der Waals surface area contributed by atoms with Crippen LogP contribution in [0.15, 0.2) is 65.0 Å². The van der Waals surface area contributed by atoms with Crippen molar-refractivity contribution in [1.29, 1.82) is 0 Å². The van der Waals surface area contributed by atoms with Crippen LogP contribution in [0.2, 0.25) is 0 Å². The van der Waals surface area contributed by atoms with Crippen molar-refractivity contribution in [1.82, 2.24) is 18.8 Å². The lowest BCUT2D eigenvalue weighted by Crippen LogP contribution is -2.39. The predicted molar refractivity (Wildman–Crippen MR) is 189 cm³/mol. The lowest BCUT2D eigenvalue weighted by Gasteiger charge is -2.23. The number of thiophene rings is 1. The summed E-state index contributed by atoms with van der Waals surface area (Å²) in [6, 6.07) is 13.5. The molecule has 49 heavy (non-hydrogen) atoms. The van der Waals surface area contributed by atoms with Gasteiger partial charge in [0.15, 0.2) is 5.65 Å². The molecule has 4 heterocycles. The number of hydrogen-bond acceptors (Lipinski definition) is 12. The quantitative estimate of drug-likeness (QED) is 0.161. The molecule has 0 saturated heterocycles. The number of carbonyl (C=O) groups excluding carboxylic acids is 2. The number of anilines is 5. The van der Waals surface area contributed by atoms with Gasteiger partial charge < -0.3 is 30.7 Å². The van der Waals surface area contributed by atoms with Crippen molar-refractivity contribution >= 4 is 73.0 Å². The first kappa shape index (κ1) is 33.9. The monoisotopic (exact) mass is 704 g/mol. The highest BCUT2D eigenvalue weighted by Gasteiger charge is 2.28. The van der Waals surface area contributed by atoms with Gasteiger partial charge in [0.25, 0.3) is 15.9 Å². The van der Waals surface area contributed by atoms with Crippen molar-refractivity contribution in [3.05, 3.63) is 76.1 Å². The molecule has 6 rings (SSSR count). The number of aromatic nitrogens is 3. The third-order valence-electron chi connectivity index (χ3n) is 8.16. The molecule has 0 saturated carbocycles. The Balaban J connectivity index is 1.42. The summed E-state index contributed by atoms with van der Waals surface area (Å²) < 4.78 is 39.7. The summed E-state index contributed by atoms with van der Waals surface area (Å²) in [4.78, 5) is 38.8. The second-order valence-corrected chi connectivity index (χ2v) is 14.3. The zero-order valence-electron chi connectivity index (χ0n) is 27.4. The number of nitrogens with two attached hydrogens (primary N) is 1. The number of likely N-dealkylation sites (N-methyl/N-ethyl adjacent to an activating group) is 1. The molecule has 5 aromatic rings. The fraction of sp³-hybridized carbons (Fsp3) is 0.273. The van der Waals surface area contributed by atoms with Crippen LogP contribution in [0, 0.1) is 6.92 Å². The highest BCUT2D eigenvalue weighted by atomic mass is 32.2. The van der Waals surface area contributed by atoms with E-state index in [1.807, 2.05) is 24.9 Å². The van der Waals surface area contributed by atoms with E-state index in [9.17, 15) is 18.0 Å². The first-order chi connectivity index (χ1) is 23.5. The van der Waals surface area contributed by atoms with Gasteiger partial charge in [-0.2, -0.15) is 9.97 Å². The Hall–Kier alpha value is -5.03. The summed E-state index contributed by atoms with van der Waals surface area (Å²) in [6.45, 7) is 3.73. The topological polar surface area (TPSA) is 174 Å². The molecule has 3 aromatic heterocycles. The number of amides is 2. The highest BCUT2D eigenvalue weighted by Crippen LogP contribution is 2.39. The average molecular weight is 705 g/mol. The van der Waals surface area contributed by atoms with Crippen molar-refractivity contribution in [3.8, 4) is 5.75 Å². The van der Waals surface area contributed by atoms with Gasteiger partial charge in [0.2, 0.25) is 11.9 Å². The first-order valence-electron chi connectivity index (χ1n) is 15.3. The number of fused-ring (bicyclic) bond motifs is 2. The van der Waals surface area contributed by atoms with Gasteiger partial charge in [-0.3, -0.25) is 14.5 Å². The van der Waals surface area contributed by atoms with Crippen LogP contribution in [0.1, 0.15) is 20.8 Å². The smallest absolute Gasteiger partial charge is 0.269 e. The minimum Gasteiger partial charge on any atom is -0.495 e. The van der Waals surface area contributed by atoms with Gasteiger partial charge in [0, 0.05) is 32.1 Å². The first-order valence-corrected chi connectivity index (χ1v) is 17.6. The third kappa shape index (κ3) is 6.80. The molecular weight excluding hydrogens is 669 g/mol. The maximum atomic E-state index is 13.9. The van der Waals surface area contributed by atoms with E-state index in [-0.39, 0.29) is 39.6 Å². The number of nitrogens with one attached hydrogen (secondary N) is 2. The minimum absolute atomic E-state index is 0.0401. The number of rotatable bonds is 13. The second-order valence-electron chi connectivity index (χ2n) is 11.5. The molecule has 2 amide bonds. The summed E-state index contributed by atoms with van der Waals surface area (Å²) in [6.07, 6.45) is 2.07. The van der Waals surface area contributed by atoms with Gasteiger partial charge in [-0.05, 0) is 67.7 Å². The van der Waals surface area contributed by atoms with Gasteiger partial charge in [-0.25, -0.2) is 12.4 Å². The molecule has 1 aliphatic heterocycles. The molecule has 1 aliphatic rings. The lowest BCUT2D eigenvalue weighted by atomic mass is 10.1. The Kier molecular flexibility index (Phi) is 9.56. The summed E-state index contributed by atoms with van der Waals surface area (Å²) in [5.41, 5.74) is 9.16. The fourth-order valence-corrected chi connectivity index (χ4v) is 7.59. The Morgan fingerprint density at radius 2 is 1.84 bits per heavy atom. The van der Waals surface area contributed by atoms with Crippen LogP contribution in [0.3, 0.4) is 0 Å². The van der Waals surface area contributed by atoms with Crippen molar-refractivity contribution < 1.29 is 27.5 Å². The van der Waals surface area contributed by atoms with Crippen LogP contribution in [0.4, 0.5) is 28.8 Å². The highest BCUT2D eigenvalue weighted by molar-refractivity contribution is 7.90. The average Bonchev–Trinajstić information content (AvgIpc) is 3.82. The number of benzene rings is 2. The zero-order chi connectivity index (χ0) is 34.9. The van der Waals surface area contributed by atoms with E-state index in [0.29, 0.717) is 48.6 Å². The number of aryl methyl sites for hydroxylation is 1. The molecule has 4 N–H and O–H groups in total. The maximum Gasteiger partial charge on any atom is 0.269 e. The fourth-order valence-electron chi connectivity index (χ4n) is 5.59.